The van der Waals surface area contributed by atoms with Gasteiger partial charge in [-0.2, -0.15) is 5.26 Å². The van der Waals surface area contributed by atoms with E-state index in [2.05, 4.69) is 29.6 Å². The first-order valence-electron chi connectivity index (χ1n) is 14.4. The fourth-order valence-corrected chi connectivity index (χ4v) is 7.17. The van der Waals surface area contributed by atoms with Gasteiger partial charge in [-0.15, -0.1) is 0 Å². The van der Waals surface area contributed by atoms with Crippen LogP contribution in [-0.2, 0) is 19.8 Å². The highest BCUT2D eigenvalue weighted by molar-refractivity contribution is 8.15. The average Bonchev–Trinajstić information content (AvgIpc) is 3.70. The summed E-state index contributed by atoms with van der Waals surface area (Å²) < 4.78 is 40.9. The first-order chi connectivity index (χ1) is 20.9. The number of benzene rings is 1. The van der Waals surface area contributed by atoms with Crippen molar-refractivity contribution < 1.29 is 33.0 Å². The molecule has 4 rings (SSSR count). The van der Waals surface area contributed by atoms with Crippen LogP contribution in [0.2, 0.25) is 25.7 Å². The van der Waals surface area contributed by atoms with Crippen LogP contribution in [0.15, 0.2) is 35.6 Å². The predicted molar refractivity (Wildman–Crippen MR) is 170 cm³/mol. The maximum Gasteiger partial charge on any atom is 0.418 e. The van der Waals surface area contributed by atoms with Crippen LogP contribution in [0.4, 0.5) is 13.6 Å². The molecule has 2 heterocycles. The Hall–Kier alpha value is -3.67. The van der Waals surface area contributed by atoms with E-state index in [1.54, 1.807) is 27.7 Å². The lowest BCUT2D eigenvalue weighted by Gasteiger charge is -2.37. The topological polar surface area (TPSA) is 138 Å². The van der Waals surface area contributed by atoms with E-state index < -0.39 is 53.6 Å². The first kappa shape index (κ1) is 34.2. The number of amidine groups is 1. The Bertz CT molecular complexity index is 1580. The third-order valence-electron chi connectivity index (χ3n) is 7.45. The molecule has 14 heteroatoms. The number of hydrogen-bond acceptors (Lipinski definition) is 9. The zero-order valence-electron chi connectivity index (χ0n) is 26.4. The molecule has 1 fully saturated rings. The molecule has 10 nitrogen and oxygen atoms in total. The van der Waals surface area contributed by atoms with Gasteiger partial charge in [-0.1, -0.05) is 37.5 Å². The highest BCUT2D eigenvalue weighted by atomic mass is 32.2. The van der Waals surface area contributed by atoms with Crippen molar-refractivity contribution in [2.45, 2.75) is 75.7 Å². The van der Waals surface area contributed by atoms with E-state index in [4.69, 9.17) is 19.7 Å². The molecule has 0 saturated heterocycles. The van der Waals surface area contributed by atoms with Gasteiger partial charge < -0.3 is 14.6 Å². The van der Waals surface area contributed by atoms with Crippen LogP contribution in [0.25, 0.3) is 11.9 Å². The van der Waals surface area contributed by atoms with Crippen LogP contribution in [0.3, 0.4) is 0 Å². The summed E-state index contributed by atoms with van der Waals surface area (Å²) in [5, 5.41) is 19.3. The molecule has 2 aromatic rings. The number of halogens is 2. The molecule has 0 spiro atoms. The number of nitrogens with zero attached hydrogens (tertiary/aromatic N) is 5. The number of aliphatic carboxylic acids is 1. The highest BCUT2D eigenvalue weighted by Crippen LogP contribution is 2.66. The smallest absolute Gasteiger partial charge is 0.418 e. The van der Waals surface area contributed by atoms with Gasteiger partial charge in [0.1, 0.15) is 34.7 Å². The summed E-state index contributed by atoms with van der Waals surface area (Å²) in [4.78, 5) is 39.8. The molecule has 1 aliphatic carbocycles. The summed E-state index contributed by atoms with van der Waals surface area (Å²) in [6, 6.07) is 6.60. The number of carboxylic acid groups (broad SMARTS) is 1. The summed E-state index contributed by atoms with van der Waals surface area (Å²) >= 11 is 0.932. The molecule has 1 saturated carbocycles. The van der Waals surface area contributed by atoms with E-state index in [1.165, 1.54) is 17.0 Å². The Labute approximate surface area is 266 Å². The third-order valence-corrected chi connectivity index (χ3v) is 10.6. The van der Waals surface area contributed by atoms with Crippen LogP contribution >= 0.6 is 11.8 Å². The number of hydrogen-bond donors (Lipinski definition) is 1. The van der Waals surface area contributed by atoms with Gasteiger partial charge in [0.25, 0.3) is 0 Å². The number of rotatable bonds is 9. The molecular formula is C31H37F2N5O5SSi. The van der Waals surface area contributed by atoms with Crippen LogP contribution in [0.1, 0.15) is 56.6 Å². The van der Waals surface area contributed by atoms with Crippen LogP contribution in [-0.4, -0.2) is 69.0 Å². The molecule has 1 aromatic heterocycles. The van der Waals surface area contributed by atoms with Gasteiger partial charge in [-0.25, -0.2) is 28.4 Å². The summed E-state index contributed by atoms with van der Waals surface area (Å²) in [6.07, 6.45) is 2.80. The molecule has 3 atom stereocenters. The van der Waals surface area contributed by atoms with Crippen molar-refractivity contribution >= 4 is 49.0 Å². The van der Waals surface area contributed by atoms with Crippen molar-refractivity contribution in [2.75, 3.05) is 13.3 Å². The van der Waals surface area contributed by atoms with E-state index in [9.17, 15) is 14.7 Å². The lowest BCUT2D eigenvalue weighted by molar-refractivity contribution is -0.137. The number of aliphatic imine (C=N–C) groups is 1. The second kappa shape index (κ2) is 12.6. The van der Waals surface area contributed by atoms with E-state index >= 15 is 8.78 Å². The number of aromatic nitrogens is 2. The largest absolute Gasteiger partial charge is 0.480 e. The van der Waals surface area contributed by atoms with Gasteiger partial charge in [-0.05, 0) is 63.9 Å². The third kappa shape index (κ3) is 7.77. The van der Waals surface area contributed by atoms with E-state index in [0.717, 1.165) is 42.3 Å². The number of fused-ring (bicyclic) bond motifs is 1. The molecule has 45 heavy (non-hydrogen) atoms. The molecule has 0 bridgehead atoms. The van der Waals surface area contributed by atoms with Crippen molar-refractivity contribution in [3.8, 4) is 6.07 Å². The molecule has 1 N–H and O–H groups in total. The molecular weight excluding hydrogens is 621 g/mol. The second-order valence-electron chi connectivity index (χ2n) is 13.5. The fraction of sp³-hybridized carbons (Fsp3) is 0.484. The van der Waals surface area contributed by atoms with E-state index in [1.807, 2.05) is 6.07 Å². The summed E-state index contributed by atoms with van der Waals surface area (Å²) in [7, 11) is -1.45. The Kier molecular flexibility index (Phi) is 9.59. The summed E-state index contributed by atoms with van der Waals surface area (Å²) in [5.41, 5.74) is -2.07. The van der Waals surface area contributed by atoms with Gasteiger partial charge >= 0.3 is 12.1 Å². The second-order valence-corrected chi connectivity index (χ2v) is 20.4. The Morgan fingerprint density at radius 2 is 1.98 bits per heavy atom. The minimum Gasteiger partial charge on any atom is -0.480 e. The monoisotopic (exact) mass is 657 g/mol. The van der Waals surface area contributed by atoms with Crippen molar-refractivity contribution in [1.82, 2.24) is 14.9 Å². The van der Waals surface area contributed by atoms with Gasteiger partial charge in [-0.3, -0.25) is 9.79 Å². The van der Waals surface area contributed by atoms with Crippen molar-refractivity contribution in [3.63, 3.8) is 0 Å². The Balaban J connectivity index is 1.76. The molecule has 1 amide bonds. The predicted octanol–water partition coefficient (Wildman–Crippen LogP) is 6.67. The molecule has 1 aromatic carbocycles. The normalized spacial score (nSPS) is 23.0. The molecule has 240 valence electrons. The molecule has 0 radical (unpaired) electrons. The minimum atomic E-state index is -1.45. The number of ether oxygens (including phenoxy) is 2. The summed E-state index contributed by atoms with van der Waals surface area (Å²) in [5.74, 6) is -3.16. The number of thioether (sulfide) groups is 1. The Morgan fingerprint density at radius 1 is 1.27 bits per heavy atom. The van der Waals surface area contributed by atoms with Gasteiger partial charge in [0, 0.05) is 26.2 Å². The zero-order valence-corrected chi connectivity index (χ0v) is 28.2. The highest BCUT2D eigenvalue weighted by Gasteiger charge is 2.72. The van der Waals surface area contributed by atoms with Crippen LogP contribution < -0.4 is 0 Å². The zero-order chi connectivity index (χ0) is 33.4. The van der Waals surface area contributed by atoms with Gasteiger partial charge in [0.15, 0.2) is 16.7 Å². The van der Waals surface area contributed by atoms with Crippen molar-refractivity contribution in [1.29, 1.82) is 5.26 Å². The number of carboxylic acids is 1. The quantitative estimate of drug-likeness (QED) is 0.178. The van der Waals surface area contributed by atoms with Gasteiger partial charge in [0.2, 0.25) is 0 Å². The average molecular weight is 658 g/mol. The maximum absolute atomic E-state index is 15.6. The van der Waals surface area contributed by atoms with Gasteiger partial charge in [0.05, 0.1) is 17.9 Å². The van der Waals surface area contributed by atoms with Crippen molar-refractivity contribution in [3.05, 3.63) is 58.9 Å². The first-order valence-corrected chi connectivity index (χ1v) is 18.9. The lowest BCUT2D eigenvalue weighted by Crippen LogP contribution is -2.47. The molecule has 3 unspecified atom stereocenters. The summed E-state index contributed by atoms with van der Waals surface area (Å²) in [6.45, 7) is 13.5. The number of nitriles is 1. The minimum absolute atomic E-state index is 0.0283. The number of amides is 1. The lowest BCUT2D eigenvalue weighted by atomic mass is 9.84. The molecule has 2 aliphatic rings. The molecule has 1 aliphatic heterocycles. The van der Waals surface area contributed by atoms with Crippen LogP contribution in [0.5, 0.6) is 0 Å². The Morgan fingerprint density at radius 3 is 2.56 bits per heavy atom. The van der Waals surface area contributed by atoms with E-state index in [0.29, 0.717) is 6.61 Å². The number of carbonyl (C=O) groups is 2. The number of carbonyl (C=O) groups excluding carboxylic acids is 1. The van der Waals surface area contributed by atoms with E-state index in [-0.39, 0.29) is 40.8 Å². The van der Waals surface area contributed by atoms with Crippen LogP contribution in [0, 0.1) is 23.1 Å². The van der Waals surface area contributed by atoms with Crippen molar-refractivity contribution in [2.24, 2.45) is 10.9 Å². The standard InChI is InChI=1S/C31H37F2N5O5SSi/c1-29(2,3)43-28(41)38(18-42-10-11-45(5,6)7)27-37-30(4,25-14-31(25,44-27)26(39)40)21-12-19(8-9-22(21)32)13-23(33)24-17-35-20(15-34)16-36-24/h8-9,12-13,16-17,25H,10-11,14,18H2,1-7H3,(H,39,40). The SMILES string of the molecule is CC(C)(C)OC(=O)N(COCC[Si](C)(C)C)C1=NC(C)(c2cc(C=C(F)c3cnc(C#N)cn3)ccc2F)C2CC2(C(=O)O)S1. The fourth-order valence-electron chi connectivity index (χ4n) is 4.90. The maximum atomic E-state index is 15.6.